The number of aromatic nitrogens is 5. The molecule has 7 nitrogen and oxygen atoms in total. The fourth-order valence-corrected chi connectivity index (χ4v) is 1.95. The predicted molar refractivity (Wildman–Crippen MR) is 72.3 cm³/mol. The molecule has 19 heavy (non-hydrogen) atoms. The highest BCUT2D eigenvalue weighted by molar-refractivity contribution is 5.37. The minimum absolute atomic E-state index is 0.546. The van der Waals surface area contributed by atoms with E-state index in [1.54, 1.807) is 24.1 Å². The molecule has 2 unspecified atom stereocenters. The Hall–Kier alpha value is -2.18. The van der Waals surface area contributed by atoms with Crippen LogP contribution in [-0.4, -0.2) is 38.1 Å². The molecule has 2 heterocycles. The molecule has 0 spiro atoms. The molecule has 0 amide bonds. The van der Waals surface area contributed by atoms with Gasteiger partial charge in [-0.05, 0) is 18.3 Å². The van der Waals surface area contributed by atoms with Gasteiger partial charge < -0.3 is 10.6 Å². The third kappa shape index (κ3) is 2.64. The van der Waals surface area contributed by atoms with Gasteiger partial charge in [-0.15, -0.1) is 0 Å². The maximum atomic E-state index is 4.40. The lowest BCUT2D eigenvalue weighted by Crippen LogP contribution is -2.12. The van der Waals surface area contributed by atoms with Gasteiger partial charge in [-0.1, -0.05) is 6.92 Å². The fourth-order valence-electron chi connectivity index (χ4n) is 1.95. The number of nitrogens with zero attached hydrogens (tertiary/aromatic N) is 5. The molecule has 0 saturated heterocycles. The number of anilines is 2. The third-order valence-corrected chi connectivity index (χ3v) is 3.38. The van der Waals surface area contributed by atoms with Crippen LogP contribution in [0.1, 0.15) is 13.3 Å². The minimum atomic E-state index is 0.546. The molecule has 1 aliphatic carbocycles. The number of imidazole rings is 1. The summed E-state index contributed by atoms with van der Waals surface area (Å²) in [5.74, 6) is 3.26. The highest BCUT2D eigenvalue weighted by atomic mass is 15.3. The Bertz CT molecular complexity index is 551. The lowest BCUT2D eigenvalue weighted by molar-refractivity contribution is 0.777. The molecule has 1 saturated carbocycles. The molecule has 0 aliphatic heterocycles. The van der Waals surface area contributed by atoms with Gasteiger partial charge in [0.2, 0.25) is 17.8 Å². The lowest BCUT2D eigenvalue weighted by Gasteiger charge is -2.08. The van der Waals surface area contributed by atoms with E-state index in [0.29, 0.717) is 17.8 Å². The van der Waals surface area contributed by atoms with Crippen molar-refractivity contribution in [2.45, 2.75) is 13.3 Å². The molecule has 2 aromatic rings. The van der Waals surface area contributed by atoms with E-state index in [1.165, 1.54) is 6.42 Å². The molecule has 1 fully saturated rings. The van der Waals surface area contributed by atoms with Crippen molar-refractivity contribution in [2.24, 2.45) is 11.8 Å². The van der Waals surface area contributed by atoms with Gasteiger partial charge in [0, 0.05) is 26.0 Å². The first kappa shape index (κ1) is 11.9. The van der Waals surface area contributed by atoms with Crippen molar-refractivity contribution in [1.29, 1.82) is 0 Å². The van der Waals surface area contributed by atoms with Crippen molar-refractivity contribution < 1.29 is 0 Å². The van der Waals surface area contributed by atoms with Crippen LogP contribution < -0.4 is 10.6 Å². The maximum Gasteiger partial charge on any atom is 0.241 e. The highest BCUT2D eigenvalue weighted by Gasteiger charge is 2.32. The number of hydrogen-bond acceptors (Lipinski definition) is 6. The largest absolute Gasteiger partial charge is 0.357 e. The van der Waals surface area contributed by atoms with Crippen LogP contribution in [0.25, 0.3) is 5.95 Å². The van der Waals surface area contributed by atoms with Crippen molar-refractivity contribution in [1.82, 2.24) is 24.5 Å². The fraction of sp³-hybridized carbons (Fsp3) is 0.500. The summed E-state index contributed by atoms with van der Waals surface area (Å²) >= 11 is 0. The van der Waals surface area contributed by atoms with Gasteiger partial charge in [0.25, 0.3) is 0 Å². The van der Waals surface area contributed by atoms with E-state index in [1.807, 2.05) is 6.20 Å². The molecule has 7 heteroatoms. The Morgan fingerprint density at radius 3 is 2.74 bits per heavy atom. The normalized spacial score (nSPS) is 21.2. The first-order chi connectivity index (χ1) is 9.26. The number of nitrogens with one attached hydrogen (secondary N) is 2. The third-order valence-electron chi connectivity index (χ3n) is 3.38. The monoisotopic (exact) mass is 259 g/mol. The number of hydrogen-bond donors (Lipinski definition) is 2. The van der Waals surface area contributed by atoms with Crippen molar-refractivity contribution in [3.05, 3.63) is 18.7 Å². The van der Waals surface area contributed by atoms with Gasteiger partial charge in [-0.25, -0.2) is 4.98 Å². The summed E-state index contributed by atoms with van der Waals surface area (Å²) in [6.07, 6.45) is 6.45. The summed E-state index contributed by atoms with van der Waals surface area (Å²) in [5.41, 5.74) is 0. The number of rotatable bonds is 5. The second kappa shape index (κ2) is 4.83. The van der Waals surface area contributed by atoms with Gasteiger partial charge >= 0.3 is 0 Å². The Morgan fingerprint density at radius 2 is 2.11 bits per heavy atom. The zero-order valence-electron chi connectivity index (χ0n) is 11.0. The van der Waals surface area contributed by atoms with Crippen LogP contribution in [0, 0.1) is 11.8 Å². The average Bonchev–Trinajstić information content (AvgIpc) is 2.93. The van der Waals surface area contributed by atoms with Gasteiger partial charge in [0.15, 0.2) is 0 Å². The summed E-state index contributed by atoms with van der Waals surface area (Å²) < 4.78 is 1.76. The Kier molecular flexibility index (Phi) is 3.02. The van der Waals surface area contributed by atoms with Crippen molar-refractivity contribution in [3.8, 4) is 5.95 Å². The van der Waals surface area contributed by atoms with Gasteiger partial charge in [0.05, 0.1) is 0 Å². The highest BCUT2D eigenvalue weighted by Crippen LogP contribution is 2.37. The smallest absolute Gasteiger partial charge is 0.241 e. The summed E-state index contributed by atoms with van der Waals surface area (Å²) in [6, 6.07) is 0. The minimum Gasteiger partial charge on any atom is -0.357 e. The van der Waals surface area contributed by atoms with Crippen molar-refractivity contribution in [2.75, 3.05) is 24.2 Å². The molecule has 2 atom stereocenters. The summed E-state index contributed by atoms with van der Waals surface area (Å²) in [5, 5.41) is 6.22. The summed E-state index contributed by atoms with van der Waals surface area (Å²) in [4.78, 5) is 17.0. The Labute approximate surface area is 111 Å². The Balaban J connectivity index is 1.80. The molecule has 0 aromatic carbocycles. The molecule has 0 bridgehead atoms. The topological polar surface area (TPSA) is 80.5 Å². The van der Waals surface area contributed by atoms with E-state index >= 15 is 0 Å². The van der Waals surface area contributed by atoms with Crippen LogP contribution in [0.4, 0.5) is 11.9 Å². The predicted octanol–water partition coefficient (Wildman–Crippen LogP) is 1.17. The first-order valence-corrected chi connectivity index (χ1v) is 6.42. The molecule has 100 valence electrons. The quantitative estimate of drug-likeness (QED) is 0.839. The molecular formula is C12H17N7. The standard InChI is InChI=1S/C12H17N7/c1-8-5-9(8)6-15-11-16-10(13-2)17-12(18-11)19-4-3-14-7-19/h3-4,7-9H,5-6H2,1-2H3,(H2,13,15,16,17,18). The first-order valence-electron chi connectivity index (χ1n) is 6.42. The SMILES string of the molecule is CNc1nc(NCC2CC2C)nc(-n2ccnc2)n1. The molecule has 2 N–H and O–H groups in total. The molecular weight excluding hydrogens is 242 g/mol. The summed E-state index contributed by atoms with van der Waals surface area (Å²) in [7, 11) is 1.79. The lowest BCUT2D eigenvalue weighted by atomic mass is 10.3. The molecule has 2 aromatic heterocycles. The van der Waals surface area contributed by atoms with Gasteiger partial charge in [0.1, 0.15) is 6.33 Å². The second-order valence-corrected chi connectivity index (χ2v) is 4.86. The molecule has 0 radical (unpaired) electrons. The van der Waals surface area contributed by atoms with Crippen LogP contribution in [0.2, 0.25) is 0 Å². The maximum absolute atomic E-state index is 4.40. The van der Waals surface area contributed by atoms with Crippen LogP contribution >= 0.6 is 0 Å². The molecule has 1 aliphatic rings. The van der Waals surface area contributed by atoms with E-state index in [4.69, 9.17) is 0 Å². The second-order valence-electron chi connectivity index (χ2n) is 4.86. The van der Waals surface area contributed by atoms with E-state index < -0.39 is 0 Å². The average molecular weight is 259 g/mol. The van der Waals surface area contributed by atoms with Crippen LogP contribution in [0.5, 0.6) is 0 Å². The zero-order valence-corrected chi connectivity index (χ0v) is 11.0. The zero-order chi connectivity index (χ0) is 13.2. The van der Waals surface area contributed by atoms with Crippen LogP contribution in [-0.2, 0) is 0 Å². The van der Waals surface area contributed by atoms with Crippen molar-refractivity contribution >= 4 is 11.9 Å². The van der Waals surface area contributed by atoms with E-state index in [9.17, 15) is 0 Å². The van der Waals surface area contributed by atoms with Crippen LogP contribution in [0.15, 0.2) is 18.7 Å². The summed E-state index contributed by atoms with van der Waals surface area (Å²) in [6.45, 7) is 3.17. The van der Waals surface area contributed by atoms with E-state index in [-0.39, 0.29) is 0 Å². The van der Waals surface area contributed by atoms with Gasteiger partial charge in [-0.2, -0.15) is 15.0 Å². The van der Waals surface area contributed by atoms with Gasteiger partial charge in [-0.3, -0.25) is 4.57 Å². The van der Waals surface area contributed by atoms with Crippen LogP contribution in [0.3, 0.4) is 0 Å². The van der Waals surface area contributed by atoms with E-state index in [0.717, 1.165) is 18.4 Å². The Morgan fingerprint density at radius 1 is 1.32 bits per heavy atom. The van der Waals surface area contributed by atoms with Crippen molar-refractivity contribution in [3.63, 3.8) is 0 Å². The van der Waals surface area contributed by atoms with E-state index in [2.05, 4.69) is 37.5 Å². The molecule has 3 rings (SSSR count).